The molecule has 0 bridgehead atoms. The lowest BCUT2D eigenvalue weighted by atomic mass is 9.63. The van der Waals surface area contributed by atoms with E-state index in [0.717, 1.165) is 49.1 Å². The molecule has 200 valence electrons. The van der Waals surface area contributed by atoms with Crippen LogP contribution in [-0.2, 0) is 10.2 Å². The molecule has 0 radical (unpaired) electrons. The number of benzene rings is 2. The number of carboxylic acid groups (broad SMARTS) is 1. The molecule has 0 saturated heterocycles. The lowest BCUT2D eigenvalue weighted by molar-refractivity contribution is -0.131. The summed E-state index contributed by atoms with van der Waals surface area (Å²) >= 11 is 19.3. The fourth-order valence-electron chi connectivity index (χ4n) is 5.47. The summed E-state index contributed by atoms with van der Waals surface area (Å²) < 4.78 is 7.56. The van der Waals surface area contributed by atoms with Gasteiger partial charge in [0.1, 0.15) is 11.3 Å². The van der Waals surface area contributed by atoms with E-state index in [1.807, 2.05) is 25.1 Å². The maximum absolute atomic E-state index is 14.5. The quantitative estimate of drug-likeness (QED) is 0.166. The highest BCUT2D eigenvalue weighted by Gasteiger charge is 2.46. The lowest BCUT2D eigenvalue weighted by Gasteiger charge is -2.40. The summed E-state index contributed by atoms with van der Waals surface area (Å²) in [4.78, 5) is 25.6. The Morgan fingerprint density at radius 3 is 2.54 bits per heavy atom. The van der Waals surface area contributed by atoms with Crippen molar-refractivity contribution in [3.05, 3.63) is 92.8 Å². The van der Waals surface area contributed by atoms with E-state index in [-0.39, 0.29) is 27.1 Å². The van der Waals surface area contributed by atoms with Crippen molar-refractivity contribution in [1.82, 2.24) is 9.72 Å². The van der Waals surface area contributed by atoms with Gasteiger partial charge in [-0.3, -0.25) is 9.36 Å². The third-order valence-corrected chi connectivity index (χ3v) is 8.26. The zero-order chi connectivity index (χ0) is 27.9. The van der Waals surface area contributed by atoms with Crippen LogP contribution in [0.2, 0.25) is 15.1 Å². The summed E-state index contributed by atoms with van der Waals surface area (Å²) in [5.41, 5.74) is 2.71. The summed E-state index contributed by atoms with van der Waals surface area (Å²) in [5.74, 6) is -0.884. The predicted octanol–water partition coefficient (Wildman–Crippen LogP) is 8.74. The van der Waals surface area contributed by atoms with E-state index in [0.29, 0.717) is 33.0 Å². The Morgan fingerprint density at radius 2 is 1.92 bits per heavy atom. The molecule has 2 aromatic heterocycles. The van der Waals surface area contributed by atoms with E-state index in [1.165, 1.54) is 6.08 Å². The Morgan fingerprint density at radius 1 is 1.21 bits per heavy atom. The Hall–Kier alpha value is -3.32. The molecule has 4 aromatic rings. The van der Waals surface area contributed by atoms with Crippen molar-refractivity contribution in [1.29, 1.82) is 0 Å². The molecule has 0 unspecified atom stereocenters. The zero-order valence-electron chi connectivity index (χ0n) is 21.1. The minimum absolute atomic E-state index is 0.254. The Labute approximate surface area is 240 Å². The summed E-state index contributed by atoms with van der Waals surface area (Å²) in [6.07, 6.45) is 10.5. The topological polar surface area (TPSA) is 85.3 Å². The molecule has 5 rings (SSSR count). The predicted molar refractivity (Wildman–Crippen MR) is 155 cm³/mol. The van der Waals surface area contributed by atoms with Crippen LogP contribution >= 0.6 is 34.8 Å². The van der Waals surface area contributed by atoms with Gasteiger partial charge in [0, 0.05) is 33.7 Å². The van der Waals surface area contributed by atoms with E-state index in [1.54, 1.807) is 29.0 Å². The number of carboxylic acids is 1. The smallest absolute Gasteiger partial charge is 0.328 e. The number of hydrogen-bond donors (Lipinski definition) is 1. The van der Waals surface area contributed by atoms with Crippen LogP contribution in [0.5, 0.6) is 0 Å². The number of halogens is 3. The highest BCUT2D eigenvalue weighted by molar-refractivity contribution is 6.42. The number of hydrogen-bond acceptors (Lipinski definition) is 4. The van der Waals surface area contributed by atoms with Crippen LogP contribution in [0.25, 0.3) is 28.2 Å². The number of nitrogens with zero attached hydrogens (tertiary/aromatic N) is 2. The van der Waals surface area contributed by atoms with Gasteiger partial charge in [0.15, 0.2) is 5.76 Å². The number of allylic oxidation sites excluding steroid dienone is 1. The van der Waals surface area contributed by atoms with Crippen LogP contribution in [0.1, 0.15) is 59.3 Å². The van der Waals surface area contributed by atoms with Gasteiger partial charge in [0.05, 0.1) is 15.6 Å². The van der Waals surface area contributed by atoms with Gasteiger partial charge in [-0.1, -0.05) is 64.6 Å². The van der Waals surface area contributed by atoms with Crippen LogP contribution < -0.4 is 0 Å². The van der Waals surface area contributed by atoms with Crippen LogP contribution in [0.4, 0.5) is 0 Å². The van der Waals surface area contributed by atoms with Gasteiger partial charge in [-0.2, -0.15) is 0 Å². The monoisotopic (exact) mass is 582 g/mol. The molecule has 9 heteroatoms. The van der Waals surface area contributed by atoms with Gasteiger partial charge in [-0.25, -0.2) is 4.79 Å². The lowest BCUT2D eigenvalue weighted by Crippen LogP contribution is -2.35. The van der Waals surface area contributed by atoms with Crippen molar-refractivity contribution in [2.45, 2.75) is 44.4 Å². The van der Waals surface area contributed by atoms with Crippen LogP contribution in [0.15, 0.2) is 59.8 Å². The largest absolute Gasteiger partial charge is 0.478 e. The maximum Gasteiger partial charge on any atom is 0.328 e. The molecule has 2 heterocycles. The molecule has 1 aliphatic carbocycles. The number of rotatable bonds is 8. The number of fused-ring (bicyclic) bond motifs is 1. The van der Waals surface area contributed by atoms with Crippen molar-refractivity contribution in [2.24, 2.45) is 0 Å². The molecule has 39 heavy (non-hydrogen) atoms. The molecule has 0 spiro atoms. The van der Waals surface area contributed by atoms with Crippen molar-refractivity contribution >= 4 is 63.7 Å². The number of carbonyl (C=O) groups is 2. The molecule has 0 amide bonds. The van der Waals surface area contributed by atoms with Crippen molar-refractivity contribution in [3.8, 4) is 11.3 Å². The molecule has 1 aliphatic rings. The highest BCUT2D eigenvalue weighted by Crippen LogP contribution is 2.51. The molecule has 1 fully saturated rings. The van der Waals surface area contributed by atoms with E-state index >= 15 is 0 Å². The Balaban J connectivity index is 1.75. The van der Waals surface area contributed by atoms with E-state index in [9.17, 15) is 9.59 Å². The average molecular weight is 584 g/mol. The van der Waals surface area contributed by atoms with Crippen molar-refractivity contribution < 1.29 is 19.2 Å². The van der Waals surface area contributed by atoms with Gasteiger partial charge in [0.2, 0.25) is 0 Å². The number of carbonyl (C=O) groups excluding carboxylic acids is 1. The van der Waals surface area contributed by atoms with Gasteiger partial charge in [-0.05, 0) is 68.0 Å². The second kappa shape index (κ2) is 10.7. The first-order valence-corrected chi connectivity index (χ1v) is 13.6. The first-order valence-electron chi connectivity index (χ1n) is 12.5. The van der Waals surface area contributed by atoms with Crippen LogP contribution in [-0.4, -0.2) is 26.7 Å². The number of aryl methyl sites for hydroxylation is 1. The second-order valence-corrected chi connectivity index (χ2v) is 11.1. The van der Waals surface area contributed by atoms with Gasteiger partial charge in [-0.15, -0.1) is 6.58 Å². The molecule has 0 aliphatic heterocycles. The fraction of sp³-hybridized carbons (Fsp3) is 0.233. The normalized spacial score (nSPS) is 14.6. The second-order valence-electron chi connectivity index (χ2n) is 9.84. The summed E-state index contributed by atoms with van der Waals surface area (Å²) in [6.45, 7) is 5.75. The molecule has 2 aromatic carbocycles. The standard InChI is InChI=1S/C30H25Cl3N2O4/c1-3-4-11-30(12-6-13-30)28-26(27(34-39-28)25-20(32)14-19(31)15-21(25)33)29(38)35-16-17(2)24-18(9-10-23(36)37)7-5-8-22(24)35/h3,5,7-10,14-16H,1,4,6,11-13H2,2H3,(H,36,37)/b10-9+. The minimum Gasteiger partial charge on any atom is -0.478 e. The van der Waals surface area contributed by atoms with Gasteiger partial charge < -0.3 is 9.63 Å². The summed E-state index contributed by atoms with van der Waals surface area (Å²) in [6, 6.07) is 8.53. The summed E-state index contributed by atoms with van der Waals surface area (Å²) in [7, 11) is 0. The fourth-order valence-corrected chi connectivity index (χ4v) is 6.46. The van der Waals surface area contributed by atoms with Crippen molar-refractivity contribution in [2.75, 3.05) is 0 Å². The SMILES string of the molecule is C=CCCC1(c2onc(-c3c(Cl)cc(Cl)cc3Cl)c2C(=O)n2cc(C)c3c(/C=C/C(=O)O)cccc32)CCC1. The zero-order valence-corrected chi connectivity index (χ0v) is 23.4. The third kappa shape index (κ3) is 4.82. The third-order valence-electron chi connectivity index (χ3n) is 7.44. The van der Waals surface area contributed by atoms with Gasteiger partial charge in [0.25, 0.3) is 5.91 Å². The van der Waals surface area contributed by atoms with E-state index in [4.69, 9.17) is 44.4 Å². The Bertz CT molecular complexity index is 1640. The highest BCUT2D eigenvalue weighted by atomic mass is 35.5. The molecular weight excluding hydrogens is 559 g/mol. The average Bonchev–Trinajstić information content (AvgIpc) is 3.43. The Kier molecular flexibility index (Phi) is 7.47. The van der Waals surface area contributed by atoms with E-state index < -0.39 is 5.97 Å². The van der Waals surface area contributed by atoms with Gasteiger partial charge >= 0.3 is 5.97 Å². The first-order chi connectivity index (χ1) is 18.7. The first kappa shape index (κ1) is 27.3. The molecule has 6 nitrogen and oxygen atoms in total. The molecular formula is C30H25Cl3N2O4. The number of aliphatic carboxylic acids is 1. The number of aromatic nitrogens is 2. The molecule has 1 saturated carbocycles. The minimum atomic E-state index is -1.05. The molecule has 1 N–H and O–H groups in total. The molecule has 0 atom stereocenters. The maximum atomic E-state index is 14.5. The van der Waals surface area contributed by atoms with E-state index in [2.05, 4.69) is 11.7 Å². The van der Waals surface area contributed by atoms with Crippen LogP contribution in [0.3, 0.4) is 0 Å². The van der Waals surface area contributed by atoms with Crippen molar-refractivity contribution in [3.63, 3.8) is 0 Å². The summed E-state index contributed by atoms with van der Waals surface area (Å²) in [5, 5.41) is 15.1. The van der Waals surface area contributed by atoms with Crippen LogP contribution in [0, 0.1) is 6.92 Å².